The highest BCUT2D eigenvalue weighted by molar-refractivity contribution is 8.00. The van der Waals surface area contributed by atoms with Crippen LogP contribution in [0.25, 0.3) is 0 Å². The van der Waals surface area contributed by atoms with Gasteiger partial charge in [0.05, 0.1) is 17.5 Å². The summed E-state index contributed by atoms with van der Waals surface area (Å²) in [6.07, 6.45) is 2.57. The Morgan fingerprint density at radius 3 is 2.67 bits per heavy atom. The van der Waals surface area contributed by atoms with Crippen LogP contribution in [0, 0.1) is 0 Å². The highest BCUT2D eigenvalue weighted by atomic mass is 35.5. The smallest absolute Gasteiger partial charge is 0.230 e. The molecule has 2 aromatic rings. The van der Waals surface area contributed by atoms with E-state index in [1.165, 1.54) is 11.8 Å². The molecule has 1 heterocycles. The Labute approximate surface area is 133 Å². The van der Waals surface area contributed by atoms with Gasteiger partial charge in [-0.2, -0.15) is 5.10 Å². The topological polar surface area (TPSA) is 46.9 Å². The van der Waals surface area contributed by atoms with Crippen LogP contribution in [0.1, 0.15) is 25.1 Å². The lowest BCUT2D eigenvalue weighted by molar-refractivity contribution is -0.119. The zero-order valence-corrected chi connectivity index (χ0v) is 13.6. The van der Waals surface area contributed by atoms with E-state index in [1.54, 1.807) is 10.9 Å². The molecule has 0 fully saturated rings. The summed E-state index contributed by atoms with van der Waals surface area (Å²) in [5, 5.41) is 7.89. The Kier molecular flexibility index (Phi) is 5.70. The zero-order chi connectivity index (χ0) is 15.2. The van der Waals surface area contributed by atoms with Gasteiger partial charge in [-0.1, -0.05) is 18.5 Å². The number of hydrogen-bond acceptors (Lipinski definition) is 3. The van der Waals surface area contributed by atoms with Crippen molar-refractivity contribution in [1.29, 1.82) is 0 Å². The fraction of sp³-hybridized carbons (Fsp3) is 0.333. The largest absolute Gasteiger partial charge is 0.347 e. The van der Waals surface area contributed by atoms with Crippen molar-refractivity contribution in [2.75, 3.05) is 5.75 Å². The third kappa shape index (κ3) is 4.51. The van der Waals surface area contributed by atoms with E-state index in [2.05, 4.69) is 10.4 Å². The number of hydrogen-bond donors (Lipinski definition) is 1. The van der Waals surface area contributed by atoms with Gasteiger partial charge in [-0.3, -0.25) is 9.48 Å². The second kappa shape index (κ2) is 7.52. The summed E-state index contributed by atoms with van der Waals surface area (Å²) >= 11 is 7.34. The van der Waals surface area contributed by atoms with Crippen molar-refractivity contribution >= 4 is 29.3 Å². The Morgan fingerprint density at radius 1 is 1.38 bits per heavy atom. The number of rotatable bonds is 6. The average Bonchev–Trinajstić information content (AvgIpc) is 2.90. The number of thioether (sulfide) groups is 1. The number of halogens is 1. The number of benzene rings is 1. The maximum atomic E-state index is 12.1. The van der Waals surface area contributed by atoms with Crippen molar-refractivity contribution in [1.82, 2.24) is 15.1 Å². The van der Waals surface area contributed by atoms with Crippen molar-refractivity contribution in [3.8, 4) is 0 Å². The number of aromatic nitrogens is 2. The molecule has 21 heavy (non-hydrogen) atoms. The third-order valence-electron chi connectivity index (χ3n) is 3.14. The number of nitrogens with zero attached hydrogens (tertiary/aromatic N) is 2. The summed E-state index contributed by atoms with van der Waals surface area (Å²) < 4.78 is 1.79. The van der Waals surface area contributed by atoms with Crippen LogP contribution >= 0.6 is 23.4 Å². The molecule has 0 saturated heterocycles. The zero-order valence-electron chi connectivity index (χ0n) is 12.0. The monoisotopic (exact) mass is 323 g/mol. The Morgan fingerprint density at radius 2 is 2.10 bits per heavy atom. The van der Waals surface area contributed by atoms with Crippen LogP contribution in [0.15, 0.2) is 41.4 Å². The number of carbonyl (C=O) groups excluding carboxylic acids is 1. The number of amides is 1. The first-order valence-corrected chi connectivity index (χ1v) is 8.12. The molecule has 0 unspecified atom stereocenters. The molecular weight excluding hydrogens is 306 g/mol. The molecule has 0 spiro atoms. The van der Waals surface area contributed by atoms with Gasteiger partial charge in [-0.05, 0) is 36.8 Å². The predicted octanol–water partition coefficient (Wildman–Crippen LogP) is 3.43. The fourth-order valence-corrected chi connectivity index (χ4v) is 2.86. The van der Waals surface area contributed by atoms with Crippen LogP contribution in [-0.2, 0) is 11.8 Å². The van der Waals surface area contributed by atoms with Gasteiger partial charge in [0.2, 0.25) is 5.91 Å². The summed E-state index contributed by atoms with van der Waals surface area (Å²) in [5.74, 6) is 0.402. The van der Waals surface area contributed by atoms with Crippen LogP contribution < -0.4 is 5.32 Å². The van der Waals surface area contributed by atoms with Crippen LogP contribution in [-0.4, -0.2) is 21.4 Å². The minimum absolute atomic E-state index is 0.00387. The molecule has 0 saturated carbocycles. The molecule has 1 aromatic carbocycles. The van der Waals surface area contributed by atoms with Gasteiger partial charge in [-0.25, -0.2) is 0 Å². The average molecular weight is 324 g/mol. The van der Waals surface area contributed by atoms with Crippen LogP contribution in [0.4, 0.5) is 0 Å². The maximum absolute atomic E-state index is 12.1. The van der Waals surface area contributed by atoms with Crippen LogP contribution in [0.2, 0.25) is 5.02 Å². The summed E-state index contributed by atoms with van der Waals surface area (Å²) in [6, 6.07) is 9.41. The Hall–Kier alpha value is -1.46. The van der Waals surface area contributed by atoms with E-state index < -0.39 is 0 Å². The molecule has 1 amide bonds. The van der Waals surface area contributed by atoms with Gasteiger partial charge in [0.25, 0.3) is 0 Å². The molecule has 0 aliphatic rings. The van der Waals surface area contributed by atoms with Crippen LogP contribution in [0.3, 0.4) is 0 Å². The quantitative estimate of drug-likeness (QED) is 0.828. The van der Waals surface area contributed by atoms with Gasteiger partial charge in [0.15, 0.2) is 0 Å². The molecule has 1 N–H and O–H groups in total. The number of carbonyl (C=O) groups is 1. The molecule has 4 nitrogen and oxygen atoms in total. The molecular formula is C15H18ClN3OS. The van der Waals surface area contributed by atoms with E-state index in [9.17, 15) is 4.79 Å². The van der Waals surface area contributed by atoms with E-state index in [0.29, 0.717) is 10.8 Å². The first-order chi connectivity index (χ1) is 10.1. The second-order valence-corrected chi connectivity index (χ2v) is 6.14. The highest BCUT2D eigenvalue weighted by Gasteiger charge is 2.15. The molecule has 0 bridgehead atoms. The molecule has 1 aromatic heterocycles. The third-order valence-corrected chi connectivity index (χ3v) is 4.41. The lowest BCUT2D eigenvalue weighted by atomic mass is 10.1. The van der Waals surface area contributed by atoms with E-state index in [1.807, 2.05) is 44.3 Å². The Balaban J connectivity index is 1.88. The molecule has 112 valence electrons. The predicted molar refractivity (Wildman–Crippen MR) is 86.6 cm³/mol. The number of aryl methyl sites for hydroxylation is 1. The van der Waals surface area contributed by atoms with Crippen molar-refractivity contribution in [2.45, 2.75) is 24.3 Å². The van der Waals surface area contributed by atoms with E-state index >= 15 is 0 Å². The van der Waals surface area contributed by atoms with Gasteiger partial charge in [0, 0.05) is 23.2 Å². The van der Waals surface area contributed by atoms with Gasteiger partial charge >= 0.3 is 0 Å². The number of nitrogens with one attached hydrogen (secondary N) is 1. The first-order valence-electron chi connectivity index (χ1n) is 6.75. The summed E-state index contributed by atoms with van der Waals surface area (Å²) in [5.41, 5.74) is 1.02. The normalized spacial score (nSPS) is 12.1. The van der Waals surface area contributed by atoms with Gasteiger partial charge in [-0.15, -0.1) is 11.8 Å². The van der Waals surface area contributed by atoms with E-state index in [0.717, 1.165) is 17.0 Å². The molecule has 1 atom stereocenters. The molecule has 0 aliphatic heterocycles. The van der Waals surface area contributed by atoms with E-state index in [-0.39, 0.29) is 11.9 Å². The van der Waals surface area contributed by atoms with Crippen molar-refractivity contribution in [3.63, 3.8) is 0 Å². The highest BCUT2D eigenvalue weighted by Crippen LogP contribution is 2.21. The van der Waals surface area contributed by atoms with Gasteiger partial charge in [0.1, 0.15) is 0 Å². The summed E-state index contributed by atoms with van der Waals surface area (Å²) in [4.78, 5) is 13.1. The van der Waals surface area contributed by atoms with Crippen molar-refractivity contribution < 1.29 is 4.79 Å². The SMILES string of the molecule is CC[C@H](NC(=O)CSc1ccc(Cl)cc1)c1ccnn1C. The van der Waals surface area contributed by atoms with Crippen molar-refractivity contribution in [2.24, 2.45) is 7.05 Å². The Bertz CT molecular complexity index is 597. The van der Waals surface area contributed by atoms with Crippen LogP contribution in [0.5, 0.6) is 0 Å². The maximum Gasteiger partial charge on any atom is 0.230 e. The van der Waals surface area contributed by atoms with Gasteiger partial charge < -0.3 is 5.32 Å². The standard InChI is InChI=1S/C15H18ClN3OS/c1-3-13(14-8-9-17-19(14)2)18-15(20)10-21-12-6-4-11(16)5-7-12/h4-9,13H,3,10H2,1-2H3,(H,18,20)/t13-/m0/s1. The van der Waals surface area contributed by atoms with E-state index in [4.69, 9.17) is 11.6 Å². The molecule has 0 radical (unpaired) electrons. The summed E-state index contributed by atoms with van der Waals surface area (Å²) in [6.45, 7) is 2.05. The molecule has 2 rings (SSSR count). The summed E-state index contributed by atoms with van der Waals surface area (Å²) in [7, 11) is 1.88. The molecule has 0 aliphatic carbocycles. The fourth-order valence-electron chi connectivity index (χ4n) is 2.03. The second-order valence-electron chi connectivity index (χ2n) is 4.65. The lowest BCUT2D eigenvalue weighted by Gasteiger charge is -2.17. The minimum atomic E-state index is -0.00387. The van der Waals surface area contributed by atoms with Crippen molar-refractivity contribution in [3.05, 3.63) is 47.2 Å². The molecule has 6 heteroatoms. The first kappa shape index (κ1) is 15.9. The lowest BCUT2D eigenvalue weighted by Crippen LogP contribution is -2.30. The minimum Gasteiger partial charge on any atom is -0.347 e.